The lowest BCUT2D eigenvalue weighted by Gasteiger charge is -2.13. The maximum atomic E-state index is 13.3. The predicted octanol–water partition coefficient (Wildman–Crippen LogP) is 3.14. The van der Waals surface area contributed by atoms with Crippen LogP contribution in [-0.4, -0.2) is 23.6 Å². The molecule has 0 aliphatic rings. The van der Waals surface area contributed by atoms with Gasteiger partial charge in [0.25, 0.3) is 5.91 Å². The summed E-state index contributed by atoms with van der Waals surface area (Å²) < 4.78 is 18.5. The number of carbonyl (C=O) groups excluding carboxylic acids is 1. The third-order valence-electron chi connectivity index (χ3n) is 3.74. The lowest BCUT2D eigenvalue weighted by Crippen LogP contribution is -2.23. The van der Waals surface area contributed by atoms with Crippen LogP contribution < -0.4 is 10.1 Å². The Morgan fingerprint density at radius 3 is 2.28 bits per heavy atom. The quantitative estimate of drug-likeness (QED) is 0.843. The molecule has 2 N–H and O–H groups in total. The number of aliphatic carboxylic acids is 1. The van der Waals surface area contributed by atoms with Crippen LogP contribution in [0.25, 0.3) is 0 Å². The van der Waals surface area contributed by atoms with E-state index in [9.17, 15) is 14.0 Å². The molecule has 0 heterocycles. The van der Waals surface area contributed by atoms with Crippen LogP contribution in [0.2, 0.25) is 0 Å². The highest BCUT2D eigenvalue weighted by Gasteiger charge is 2.13. The van der Waals surface area contributed by atoms with E-state index in [4.69, 9.17) is 9.84 Å². The fraction of sp³-hybridized carbons (Fsp3) is 0.263. The monoisotopic (exact) mass is 345 g/mol. The van der Waals surface area contributed by atoms with Crippen LogP contribution in [0.3, 0.4) is 0 Å². The summed E-state index contributed by atoms with van der Waals surface area (Å²) >= 11 is 0. The minimum atomic E-state index is -1.06. The van der Waals surface area contributed by atoms with Gasteiger partial charge in [-0.3, -0.25) is 4.79 Å². The topological polar surface area (TPSA) is 75.6 Å². The Morgan fingerprint density at radius 2 is 1.72 bits per heavy atom. The third kappa shape index (κ3) is 4.79. The molecule has 0 radical (unpaired) electrons. The number of nitrogens with one attached hydrogen (secondary N) is 1. The van der Waals surface area contributed by atoms with Crippen LogP contribution in [0.1, 0.15) is 32.6 Å². The Morgan fingerprint density at radius 1 is 1.08 bits per heavy atom. The summed E-state index contributed by atoms with van der Waals surface area (Å²) in [6.45, 7) is 5.03. The van der Waals surface area contributed by atoms with Crippen molar-refractivity contribution in [2.75, 3.05) is 6.61 Å². The van der Waals surface area contributed by atoms with Gasteiger partial charge in [-0.1, -0.05) is 12.1 Å². The lowest BCUT2D eigenvalue weighted by molar-refractivity contribution is -0.139. The van der Waals surface area contributed by atoms with Gasteiger partial charge in [-0.25, -0.2) is 9.18 Å². The second kappa shape index (κ2) is 7.79. The molecule has 2 rings (SSSR count). The molecule has 0 aliphatic carbocycles. The van der Waals surface area contributed by atoms with Crippen LogP contribution in [0.5, 0.6) is 5.75 Å². The maximum absolute atomic E-state index is 13.3. The zero-order chi connectivity index (χ0) is 18.6. The minimum absolute atomic E-state index is 0.266. The third-order valence-corrected chi connectivity index (χ3v) is 3.74. The van der Waals surface area contributed by atoms with Crippen molar-refractivity contribution >= 4 is 11.9 Å². The van der Waals surface area contributed by atoms with Gasteiger partial charge >= 0.3 is 5.97 Å². The average molecular weight is 345 g/mol. The Labute approximate surface area is 145 Å². The van der Waals surface area contributed by atoms with Crippen molar-refractivity contribution in [1.29, 1.82) is 0 Å². The van der Waals surface area contributed by atoms with E-state index >= 15 is 0 Å². The summed E-state index contributed by atoms with van der Waals surface area (Å²) in [4.78, 5) is 23.0. The van der Waals surface area contributed by atoms with E-state index < -0.39 is 12.6 Å². The fourth-order valence-corrected chi connectivity index (χ4v) is 2.54. The van der Waals surface area contributed by atoms with Gasteiger partial charge in [0, 0.05) is 12.1 Å². The SMILES string of the molecule is Cc1cc(CNC(=O)c2cc(C)c(OCC(=O)O)c(C)c2)ccc1F. The van der Waals surface area contributed by atoms with Gasteiger partial charge in [-0.15, -0.1) is 0 Å². The molecule has 0 bridgehead atoms. The first-order valence-corrected chi connectivity index (χ1v) is 7.77. The molecule has 0 unspecified atom stereocenters. The zero-order valence-corrected chi connectivity index (χ0v) is 14.4. The molecule has 0 fully saturated rings. The van der Waals surface area contributed by atoms with Crippen molar-refractivity contribution in [3.63, 3.8) is 0 Å². The number of hydrogen-bond acceptors (Lipinski definition) is 3. The van der Waals surface area contributed by atoms with Crippen molar-refractivity contribution in [1.82, 2.24) is 5.32 Å². The van der Waals surface area contributed by atoms with Crippen molar-refractivity contribution in [3.8, 4) is 5.75 Å². The van der Waals surface area contributed by atoms with E-state index in [1.165, 1.54) is 6.07 Å². The molecule has 0 aliphatic heterocycles. The number of benzene rings is 2. The van der Waals surface area contributed by atoms with E-state index in [0.29, 0.717) is 28.0 Å². The molecular formula is C19H20FNO4. The highest BCUT2D eigenvalue weighted by molar-refractivity contribution is 5.94. The van der Waals surface area contributed by atoms with Crippen LogP contribution in [0, 0.1) is 26.6 Å². The van der Waals surface area contributed by atoms with E-state index in [2.05, 4.69) is 5.32 Å². The number of carboxylic acids is 1. The summed E-state index contributed by atoms with van der Waals surface area (Å²) in [5, 5.41) is 11.5. The normalized spacial score (nSPS) is 10.4. The molecule has 132 valence electrons. The van der Waals surface area contributed by atoms with Gasteiger partial charge in [-0.05, 0) is 61.2 Å². The second-order valence-corrected chi connectivity index (χ2v) is 5.89. The smallest absolute Gasteiger partial charge is 0.341 e. The number of carboxylic acid groups (broad SMARTS) is 1. The Hall–Kier alpha value is -2.89. The summed E-state index contributed by atoms with van der Waals surface area (Å²) in [7, 11) is 0. The summed E-state index contributed by atoms with van der Waals surface area (Å²) in [6.07, 6.45) is 0. The molecule has 0 atom stereocenters. The minimum Gasteiger partial charge on any atom is -0.481 e. The van der Waals surface area contributed by atoms with Crippen LogP contribution in [0.15, 0.2) is 30.3 Å². The Kier molecular flexibility index (Phi) is 5.75. The van der Waals surface area contributed by atoms with Gasteiger partial charge in [0.15, 0.2) is 6.61 Å². The highest BCUT2D eigenvalue weighted by atomic mass is 19.1. The van der Waals surface area contributed by atoms with Gasteiger partial charge in [0.05, 0.1) is 0 Å². The first kappa shape index (κ1) is 18.4. The van der Waals surface area contributed by atoms with Gasteiger partial charge in [-0.2, -0.15) is 0 Å². The molecule has 2 aromatic carbocycles. The number of aryl methyl sites for hydroxylation is 3. The molecule has 0 saturated heterocycles. The number of ether oxygens (including phenoxy) is 1. The molecule has 5 nitrogen and oxygen atoms in total. The van der Waals surface area contributed by atoms with Crippen LogP contribution in [0.4, 0.5) is 4.39 Å². The molecule has 6 heteroatoms. The number of amides is 1. The molecular weight excluding hydrogens is 325 g/mol. The summed E-state index contributed by atoms with van der Waals surface area (Å²) in [6, 6.07) is 7.99. The van der Waals surface area contributed by atoms with Gasteiger partial charge < -0.3 is 15.2 Å². The molecule has 0 spiro atoms. The number of halogens is 1. The van der Waals surface area contributed by atoms with Gasteiger partial charge in [0.2, 0.25) is 0 Å². The highest BCUT2D eigenvalue weighted by Crippen LogP contribution is 2.25. The summed E-state index contributed by atoms with van der Waals surface area (Å²) in [5.74, 6) is -1.14. The van der Waals surface area contributed by atoms with Gasteiger partial charge in [0.1, 0.15) is 11.6 Å². The zero-order valence-electron chi connectivity index (χ0n) is 14.4. The molecule has 2 aromatic rings. The van der Waals surface area contributed by atoms with Crippen LogP contribution >= 0.6 is 0 Å². The summed E-state index contributed by atoms with van der Waals surface area (Å²) in [5.41, 5.74) is 3.16. The first-order chi connectivity index (χ1) is 11.8. The molecule has 0 aromatic heterocycles. The largest absolute Gasteiger partial charge is 0.481 e. The van der Waals surface area contributed by atoms with E-state index in [0.717, 1.165) is 5.56 Å². The van der Waals surface area contributed by atoms with E-state index in [-0.39, 0.29) is 18.3 Å². The standard InChI is InChI=1S/C19H20FNO4/c1-11-6-14(4-5-16(11)20)9-21-19(24)15-7-12(2)18(13(3)8-15)25-10-17(22)23/h4-8H,9-10H2,1-3H3,(H,21,24)(H,22,23). The fourth-order valence-electron chi connectivity index (χ4n) is 2.54. The molecule has 1 amide bonds. The van der Waals surface area contributed by atoms with E-state index in [1.807, 2.05) is 0 Å². The molecule has 25 heavy (non-hydrogen) atoms. The molecule has 0 saturated carbocycles. The van der Waals surface area contributed by atoms with Crippen molar-refractivity contribution in [2.45, 2.75) is 27.3 Å². The maximum Gasteiger partial charge on any atom is 0.341 e. The van der Waals surface area contributed by atoms with Crippen molar-refractivity contribution < 1.29 is 23.8 Å². The Bertz CT molecular complexity index is 794. The second-order valence-electron chi connectivity index (χ2n) is 5.89. The van der Waals surface area contributed by atoms with Crippen molar-refractivity contribution in [3.05, 3.63) is 64.0 Å². The Balaban J connectivity index is 2.08. The number of carbonyl (C=O) groups is 2. The van der Waals surface area contributed by atoms with Crippen molar-refractivity contribution in [2.24, 2.45) is 0 Å². The number of rotatable bonds is 6. The lowest BCUT2D eigenvalue weighted by atomic mass is 10.0. The number of hydrogen-bond donors (Lipinski definition) is 2. The van der Waals surface area contributed by atoms with E-state index in [1.54, 1.807) is 45.0 Å². The predicted molar refractivity (Wildman–Crippen MR) is 91.4 cm³/mol. The average Bonchev–Trinajstić information content (AvgIpc) is 2.54. The first-order valence-electron chi connectivity index (χ1n) is 7.77. The van der Waals surface area contributed by atoms with Crippen LogP contribution in [-0.2, 0) is 11.3 Å².